The molecule has 1 aliphatic heterocycles. The van der Waals surface area contributed by atoms with Crippen molar-refractivity contribution < 1.29 is 9.47 Å². The number of benzene rings is 1. The number of ether oxygens (including phenoxy) is 2. The van der Waals surface area contributed by atoms with Gasteiger partial charge in [0.15, 0.2) is 6.79 Å². The van der Waals surface area contributed by atoms with Crippen LogP contribution < -0.4 is 10.5 Å². The van der Waals surface area contributed by atoms with E-state index in [4.69, 9.17) is 15.2 Å². The van der Waals surface area contributed by atoms with Crippen LogP contribution in [0.25, 0.3) is 0 Å². The lowest BCUT2D eigenvalue weighted by Gasteiger charge is -2.21. The molecule has 0 aliphatic carbocycles. The minimum atomic E-state index is 0.277. The van der Waals surface area contributed by atoms with Crippen LogP contribution >= 0.6 is 0 Å². The second-order valence-corrected chi connectivity index (χ2v) is 4.64. The molecule has 0 fully saturated rings. The first-order valence-electron chi connectivity index (χ1n) is 6.13. The van der Waals surface area contributed by atoms with E-state index >= 15 is 0 Å². The van der Waals surface area contributed by atoms with Crippen molar-refractivity contribution in [3.8, 4) is 5.75 Å². The fourth-order valence-electron chi connectivity index (χ4n) is 2.32. The van der Waals surface area contributed by atoms with Gasteiger partial charge in [0, 0.05) is 16.8 Å². The Balaban J connectivity index is 2.00. The van der Waals surface area contributed by atoms with Gasteiger partial charge in [-0.15, -0.1) is 0 Å². The first-order chi connectivity index (χ1) is 9.13. The highest BCUT2D eigenvalue weighted by Crippen LogP contribution is 2.31. The van der Waals surface area contributed by atoms with E-state index in [0.717, 1.165) is 28.5 Å². The third-order valence-electron chi connectivity index (χ3n) is 3.09. The molecule has 100 valence electrons. The lowest BCUT2D eigenvalue weighted by atomic mass is 10.1. The highest BCUT2D eigenvalue weighted by atomic mass is 16.7. The van der Waals surface area contributed by atoms with Gasteiger partial charge < -0.3 is 15.2 Å². The molecule has 0 spiro atoms. The topological polar surface area (TPSA) is 75.2 Å². The zero-order valence-corrected chi connectivity index (χ0v) is 11.0. The SMILES string of the molecule is Cc1nc(C)n(Cc2cc(N)cc3c2OCOC3)n1. The minimum absolute atomic E-state index is 0.277. The van der Waals surface area contributed by atoms with Gasteiger partial charge >= 0.3 is 0 Å². The third-order valence-corrected chi connectivity index (χ3v) is 3.09. The summed E-state index contributed by atoms with van der Waals surface area (Å²) in [7, 11) is 0. The van der Waals surface area contributed by atoms with Crippen LogP contribution in [-0.4, -0.2) is 21.6 Å². The fourth-order valence-corrected chi connectivity index (χ4v) is 2.32. The van der Waals surface area contributed by atoms with Gasteiger partial charge in [-0.1, -0.05) is 0 Å². The highest BCUT2D eigenvalue weighted by Gasteiger charge is 2.17. The van der Waals surface area contributed by atoms with E-state index in [1.807, 2.05) is 30.7 Å². The van der Waals surface area contributed by atoms with Gasteiger partial charge in [-0.3, -0.25) is 0 Å². The van der Waals surface area contributed by atoms with Crippen LogP contribution in [0.4, 0.5) is 5.69 Å². The molecule has 2 N–H and O–H groups in total. The van der Waals surface area contributed by atoms with Crippen molar-refractivity contribution in [1.29, 1.82) is 0 Å². The molecule has 0 radical (unpaired) electrons. The second-order valence-electron chi connectivity index (χ2n) is 4.64. The number of aryl methyl sites for hydroxylation is 2. The molecule has 0 atom stereocenters. The summed E-state index contributed by atoms with van der Waals surface area (Å²) in [5.74, 6) is 2.49. The third kappa shape index (κ3) is 2.26. The first kappa shape index (κ1) is 12.0. The van der Waals surface area contributed by atoms with E-state index in [2.05, 4.69) is 10.1 Å². The molecule has 0 saturated heterocycles. The zero-order valence-electron chi connectivity index (χ0n) is 11.0. The minimum Gasteiger partial charge on any atom is -0.467 e. The van der Waals surface area contributed by atoms with Gasteiger partial charge in [-0.2, -0.15) is 5.10 Å². The molecular weight excluding hydrogens is 244 g/mol. The number of fused-ring (bicyclic) bond motifs is 1. The standard InChI is InChI=1S/C13H16N4O2/c1-8-15-9(2)17(16-8)5-10-3-12(14)4-11-6-18-7-19-13(10)11/h3-4H,5-7,14H2,1-2H3. The van der Waals surface area contributed by atoms with Crippen molar-refractivity contribution in [3.63, 3.8) is 0 Å². The van der Waals surface area contributed by atoms with Crippen molar-refractivity contribution in [2.45, 2.75) is 27.0 Å². The van der Waals surface area contributed by atoms with E-state index in [1.165, 1.54) is 0 Å². The van der Waals surface area contributed by atoms with E-state index in [0.29, 0.717) is 18.8 Å². The average molecular weight is 260 g/mol. The average Bonchev–Trinajstić information content (AvgIpc) is 2.67. The molecule has 1 aromatic carbocycles. The maximum Gasteiger partial charge on any atom is 0.189 e. The number of rotatable bonds is 2. The molecule has 2 heterocycles. The molecule has 19 heavy (non-hydrogen) atoms. The lowest BCUT2D eigenvalue weighted by molar-refractivity contribution is -0.0170. The summed E-state index contributed by atoms with van der Waals surface area (Å²) in [5.41, 5.74) is 8.62. The van der Waals surface area contributed by atoms with Crippen molar-refractivity contribution in [3.05, 3.63) is 34.9 Å². The molecular formula is C13H16N4O2. The summed E-state index contributed by atoms with van der Waals surface area (Å²) in [6.07, 6.45) is 0. The van der Waals surface area contributed by atoms with E-state index in [9.17, 15) is 0 Å². The second kappa shape index (κ2) is 4.55. The molecule has 2 aromatic rings. The number of nitrogens with two attached hydrogens (primary N) is 1. The fraction of sp³-hybridized carbons (Fsp3) is 0.385. The van der Waals surface area contributed by atoms with Gasteiger partial charge in [0.1, 0.15) is 17.4 Å². The molecule has 0 unspecified atom stereocenters. The molecule has 3 rings (SSSR count). The van der Waals surface area contributed by atoms with Crippen molar-refractivity contribution in [2.75, 3.05) is 12.5 Å². The zero-order chi connectivity index (χ0) is 13.4. The largest absolute Gasteiger partial charge is 0.467 e. The summed E-state index contributed by atoms with van der Waals surface area (Å²) in [4.78, 5) is 4.30. The van der Waals surface area contributed by atoms with Crippen LogP contribution in [-0.2, 0) is 17.9 Å². The Morgan fingerprint density at radius 1 is 1.37 bits per heavy atom. The molecule has 1 aliphatic rings. The molecule has 1 aromatic heterocycles. The number of hydrogen-bond acceptors (Lipinski definition) is 5. The number of anilines is 1. The number of nitrogen functional groups attached to an aromatic ring is 1. The van der Waals surface area contributed by atoms with E-state index < -0.39 is 0 Å². The van der Waals surface area contributed by atoms with Crippen LogP contribution in [0.15, 0.2) is 12.1 Å². The summed E-state index contributed by atoms with van der Waals surface area (Å²) in [5, 5.41) is 4.36. The molecule has 6 heteroatoms. The van der Waals surface area contributed by atoms with Gasteiger partial charge in [0.05, 0.1) is 13.2 Å². The van der Waals surface area contributed by atoms with Crippen molar-refractivity contribution >= 4 is 5.69 Å². The van der Waals surface area contributed by atoms with Crippen LogP contribution in [0.2, 0.25) is 0 Å². The van der Waals surface area contributed by atoms with Crippen molar-refractivity contribution in [1.82, 2.24) is 14.8 Å². The Hall–Kier alpha value is -2.08. The van der Waals surface area contributed by atoms with Gasteiger partial charge in [0.25, 0.3) is 0 Å². The van der Waals surface area contributed by atoms with Crippen LogP contribution in [0.1, 0.15) is 22.8 Å². The van der Waals surface area contributed by atoms with Gasteiger partial charge in [0.2, 0.25) is 0 Å². The van der Waals surface area contributed by atoms with Crippen molar-refractivity contribution in [2.24, 2.45) is 0 Å². The Labute approximate surface area is 111 Å². The van der Waals surface area contributed by atoms with Gasteiger partial charge in [-0.25, -0.2) is 9.67 Å². The summed E-state index contributed by atoms with van der Waals surface area (Å²) < 4.78 is 12.7. The van der Waals surface area contributed by atoms with Crippen LogP contribution in [0, 0.1) is 13.8 Å². The molecule has 6 nitrogen and oxygen atoms in total. The van der Waals surface area contributed by atoms with E-state index in [1.54, 1.807) is 0 Å². The highest BCUT2D eigenvalue weighted by molar-refractivity contribution is 5.53. The Morgan fingerprint density at radius 2 is 2.21 bits per heavy atom. The number of hydrogen-bond donors (Lipinski definition) is 1. The van der Waals surface area contributed by atoms with Crippen LogP contribution in [0.3, 0.4) is 0 Å². The molecule has 0 bridgehead atoms. The Morgan fingerprint density at radius 3 is 2.95 bits per heavy atom. The summed E-state index contributed by atoms with van der Waals surface area (Å²) in [6.45, 7) is 5.22. The van der Waals surface area contributed by atoms with Gasteiger partial charge in [-0.05, 0) is 26.0 Å². The predicted octanol–water partition coefficient (Wildman–Crippen LogP) is 1.39. The lowest BCUT2D eigenvalue weighted by Crippen LogP contribution is -2.15. The first-order valence-corrected chi connectivity index (χ1v) is 6.13. The number of nitrogens with zero attached hydrogens (tertiary/aromatic N) is 3. The summed E-state index contributed by atoms with van der Waals surface area (Å²) in [6, 6.07) is 3.80. The molecule has 0 saturated carbocycles. The molecule has 0 amide bonds. The Kier molecular flexibility index (Phi) is 2.87. The quantitative estimate of drug-likeness (QED) is 0.826. The monoisotopic (exact) mass is 260 g/mol. The maximum atomic E-state index is 5.92. The maximum absolute atomic E-state index is 5.92. The van der Waals surface area contributed by atoms with E-state index in [-0.39, 0.29) is 6.79 Å². The normalized spacial score (nSPS) is 14.0. The Bertz CT molecular complexity index is 621. The van der Waals surface area contributed by atoms with Crippen LogP contribution in [0.5, 0.6) is 5.75 Å². The number of aromatic nitrogens is 3. The predicted molar refractivity (Wildman–Crippen MR) is 69.7 cm³/mol. The summed E-state index contributed by atoms with van der Waals surface area (Å²) >= 11 is 0. The smallest absolute Gasteiger partial charge is 0.189 e.